The van der Waals surface area contributed by atoms with Crippen molar-refractivity contribution in [3.8, 4) is 28.4 Å². The van der Waals surface area contributed by atoms with E-state index >= 15 is 0 Å². The first-order valence-corrected chi connectivity index (χ1v) is 14.0. The monoisotopic (exact) mass is 551 g/mol. The average Bonchev–Trinajstić information content (AvgIpc) is 3.36. The fourth-order valence-corrected chi connectivity index (χ4v) is 5.10. The molecule has 0 aliphatic carbocycles. The van der Waals surface area contributed by atoms with Crippen molar-refractivity contribution in [3.63, 3.8) is 0 Å². The van der Waals surface area contributed by atoms with Crippen LogP contribution in [0, 0.1) is 11.6 Å². The molecule has 210 valence electrons. The van der Waals surface area contributed by atoms with Crippen LogP contribution in [0.4, 0.5) is 8.78 Å². The maximum atomic E-state index is 14.9. The second-order valence-corrected chi connectivity index (χ2v) is 10.2. The molecule has 1 aromatic heterocycles. The highest BCUT2D eigenvalue weighted by atomic mass is 19.1. The SMILES string of the molecule is CCCCn1c(-c2ccccc2)nc(-c2ccccc2)c1CN(Cc1ccc(OC)cc1)Cc1ccc(F)cc1F. The van der Waals surface area contributed by atoms with Crippen LogP contribution < -0.4 is 4.74 Å². The summed E-state index contributed by atoms with van der Waals surface area (Å²) in [5.41, 5.74) is 5.59. The lowest BCUT2D eigenvalue weighted by Gasteiger charge is -2.25. The summed E-state index contributed by atoms with van der Waals surface area (Å²) in [5, 5.41) is 0. The Morgan fingerprint density at radius 3 is 2.10 bits per heavy atom. The zero-order chi connectivity index (χ0) is 28.6. The first-order valence-electron chi connectivity index (χ1n) is 14.0. The number of hydrogen-bond donors (Lipinski definition) is 0. The summed E-state index contributed by atoms with van der Waals surface area (Å²) >= 11 is 0. The second kappa shape index (κ2) is 13.4. The van der Waals surface area contributed by atoms with Crippen LogP contribution in [0.3, 0.4) is 0 Å². The number of methoxy groups -OCH3 is 1. The molecule has 0 spiro atoms. The molecular formula is C35H35F2N3O. The summed E-state index contributed by atoms with van der Waals surface area (Å²) in [4.78, 5) is 7.41. The predicted molar refractivity (Wildman–Crippen MR) is 160 cm³/mol. The van der Waals surface area contributed by atoms with Gasteiger partial charge < -0.3 is 9.30 Å². The Morgan fingerprint density at radius 1 is 0.780 bits per heavy atom. The summed E-state index contributed by atoms with van der Waals surface area (Å²) < 4.78 is 36.3. The highest BCUT2D eigenvalue weighted by molar-refractivity contribution is 5.68. The van der Waals surface area contributed by atoms with Gasteiger partial charge in [-0.3, -0.25) is 4.90 Å². The second-order valence-electron chi connectivity index (χ2n) is 10.2. The van der Waals surface area contributed by atoms with E-state index < -0.39 is 11.6 Å². The Kier molecular flexibility index (Phi) is 9.22. The van der Waals surface area contributed by atoms with Crippen molar-refractivity contribution in [3.05, 3.63) is 132 Å². The van der Waals surface area contributed by atoms with Crippen molar-refractivity contribution in [1.82, 2.24) is 14.5 Å². The van der Waals surface area contributed by atoms with Crippen LogP contribution in [0.15, 0.2) is 103 Å². The highest BCUT2D eigenvalue weighted by Crippen LogP contribution is 2.32. The molecule has 0 fully saturated rings. The number of hydrogen-bond acceptors (Lipinski definition) is 3. The number of aromatic nitrogens is 2. The minimum Gasteiger partial charge on any atom is -0.497 e. The van der Waals surface area contributed by atoms with E-state index in [0.29, 0.717) is 25.2 Å². The topological polar surface area (TPSA) is 30.3 Å². The summed E-state index contributed by atoms with van der Waals surface area (Å²) in [7, 11) is 1.64. The molecule has 0 amide bonds. The summed E-state index contributed by atoms with van der Waals surface area (Å²) in [6, 6.07) is 32.2. The van der Waals surface area contributed by atoms with E-state index in [9.17, 15) is 8.78 Å². The molecule has 5 rings (SSSR count). The van der Waals surface area contributed by atoms with E-state index in [1.807, 2.05) is 60.7 Å². The van der Waals surface area contributed by atoms with Crippen molar-refractivity contribution < 1.29 is 13.5 Å². The zero-order valence-corrected chi connectivity index (χ0v) is 23.6. The van der Waals surface area contributed by atoms with Crippen LogP contribution in [0.25, 0.3) is 22.6 Å². The van der Waals surface area contributed by atoms with Gasteiger partial charge >= 0.3 is 0 Å². The predicted octanol–water partition coefficient (Wildman–Crippen LogP) is 8.51. The molecule has 0 aliphatic rings. The van der Waals surface area contributed by atoms with Crippen LogP contribution in [0.2, 0.25) is 0 Å². The molecule has 0 saturated heterocycles. The minimum atomic E-state index is -0.579. The van der Waals surface area contributed by atoms with Gasteiger partial charge in [0.2, 0.25) is 0 Å². The Labute approximate surface area is 240 Å². The Bertz CT molecular complexity index is 1550. The van der Waals surface area contributed by atoms with E-state index in [4.69, 9.17) is 9.72 Å². The lowest BCUT2D eigenvalue weighted by molar-refractivity contribution is 0.237. The lowest BCUT2D eigenvalue weighted by atomic mass is 10.1. The molecule has 4 aromatic carbocycles. The van der Waals surface area contributed by atoms with Gasteiger partial charge in [-0.25, -0.2) is 13.8 Å². The molecule has 1 heterocycles. The number of imidazole rings is 1. The molecule has 0 aliphatic heterocycles. The molecular weight excluding hydrogens is 516 g/mol. The van der Waals surface area contributed by atoms with Crippen LogP contribution in [-0.2, 0) is 26.2 Å². The molecule has 0 radical (unpaired) electrons. The third-order valence-corrected chi connectivity index (χ3v) is 7.23. The van der Waals surface area contributed by atoms with E-state index in [-0.39, 0.29) is 0 Å². The van der Waals surface area contributed by atoms with Gasteiger partial charge in [0, 0.05) is 48.9 Å². The quantitative estimate of drug-likeness (QED) is 0.156. The molecule has 0 unspecified atom stereocenters. The fraction of sp³-hybridized carbons (Fsp3) is 0.229. The molecule has 0 saturated carbocycles. The largest absolute Gasteiger partial charge is 0.497 e. The van der Waals surface area contributed by atoms with Crippen molar-refractivity contribution in [2.75, 3.05) is 7.11 Å². The number of rotatable bonds is 12. The van der Waals surface area contributed by atoms with Crippen LogP contribution in [0.1, 0.15) is 36.6 Å². The molecule has 5 aromatic rings. The summed E-state index contributed by atoms with van der Waals surface area (Å²) in [5.74, 6) is 0.577. The molecule has 6 heteroatoms. The third-order valence-electron chi connectivity index (χ3n) is 7.23. The van der Waals surface area contributed by atoms with Gasteiger partial charge in [0.1, 0.15) is 23.2 Å². The molecule has 4 nitrogen and oxygen atoms in total. The normalized spacial score (nSPS) is 11.2. The Balaban J connectivity index is 1.61. The van der Waals surface area contributed by atoms with Gasteiger partial charge in [-0.15, -0.1) is 0 Å². The maximum Gasteiger partial charge on any atom is 0.140 e. The zero-order valence-electron chi connectivity index (χ0n) is 23.6. The number of unbranched alkanes of at least 4 members (excludes halogenated alkanes) is 1. The Morgan fingerprint density at radius 2 is 1.46 bits per heavy atom. The standard InChI is InChI=1S/C35H35F2N3O/c1-3-4-21-40-33(34(27-11-7-5-8-12-27)38-35(40)28-13-9-6-10-14-28)25-39(23-26-15-19-31(41-2)20-16-26)24-29-17-18-30(36)22-32(29)37/h5-20,22H,3-4,21,23-25H2,1-2H3. The van der Waals surface area contributed by atoms with Gasteiger partial charge in [-0.05, 0) is 30.2 Å². The van der Waals surface area contributed by atoms with Gasteiger partial charge in [0.15, 0.2) is 0 Å². The number of ether oxygens (including phenoxy) is 1. The molecule has 0 atom stereocenters. The number of halogens is 2. The number of nitrogens with zero attached hydrogens (tertiary/aromatic N) is 3. The van der Waals surface area contributed by atoms with E-state index in [1.54, 1.807) is 7.11 Å². The highest BCUT2D eigenvalue weighted by Gasteiger charge is 2.22. The van der Waals surface area contributed by atoms with Crippen LogP contribution in [-0.4, -0.2) is 21.6 Å². The summed E-state index contributed by atoms with van der Waals surface area (Å²) in [6.07, 6.45) is 2.05. The fourth-order valence-electron chi connectivity index (χ4n) is 5.10. The van der Waals surface area contributed by atoms with Crippen molar-refractivity contribution in [2.45, 2.75) is 45.9 Å². The van der Waals surface area contributed by atoms with E-state index in [0.717, 1.165) is 65.1 Å². The molecule has 41 heavy (non-hydrogen) atoms. The smallest absolute Gasteiger partial charge is 0.140 e. The van der Waals surface area contributed by atoms with Crippen LogP contribution >= 0.6 is 0 Å². The van der Waals surface area contributed by atoms with Crippen molar-refractivity contribution in [1.29, 1.82) is 0 Å². The summed E-state index contributed by atoms with van der Waals surface area (Å²) in [6.45, 7) is 4.40. The van der Waals surface area contributed by atoms with E-state index in [1.165, 1.54) is 12.1 Å². The maximum absolute atomic E-state index is 14.9. The van der Waals surface area contributed by atoms with E-state index in [2.05, 4.69) is 40.7 Å². The first-order chi connectivity index (χ1) is 20.1. The molecule has 0 N–H and O–H groups in total. The third kappa shape index (κ3) is 6.90. The van der Waals surface area contributed by atoms with Crippen molar-refractivity contribution in [2.24, 2.45) is 0 Å². The van der Waals surface area contributed by atoms with Crippen molar-refractivity contribution >= 4 is 0 Å². The van der Waals surface area contributed by atoms with Gasteiger partial charge in [0.25, 0.3) is 0 Å². The van der Waals surface area contributed by atoms with Gasteiger partial charge in [-0.1, -0.05) is 92.2 Å². The Hall–Kier alpha value is -4.29. The van der Waals surface area contributed by atoms with Gasteiger partial charge in [0.05, 0.1) is 18.5 Å². The molecule has 0 bridgehead atoms. The van der Waals surface area contributed by atoms with Crippen LogP contribution in [0.5, 0.6) is 5.75 Å². The minimum absolute atomic E-state index is 0.312. The first kappa shape index (κ1) is 28.2. The number of benzene rings is 4. The van der Waals surface area contributed by atoms with Gasteiger partial charge in [-0.2, -0.15) is 0 Å². The lowest BCUT2D eigenvalue weighted by Crippen LogP contribution is -2.25. The average molecular weight is 552 g/mol.